The maximum Gasteiger partial charge on any atom is 0.239 e. The van der Waals surface area contributed by atoms with Gasteiger partial charge in [-0.1, -0.05) is 48.7 Å². The minimum Gasteiger partial charge on any atom is -0.379 e. The highest BCUT2D eigenvalue weighted by Gasteiger charge is 2.27. The first-order chi connectivity index (χ1) is 27.2. The van der Waals surface area contributed by atoms with Gasteiger partial charge in [0.1, 0.15) is 12.2 Å². The molecule has 2 aromatic carbocycles. The third-order valence-electron chi connectivity index (χ3n) is 9.33. The van der Waals surface area contributed by atoms with Crippen molar-refractivity contribution in [1.29, 1.82) is 0 Å². The van der Waals surface area contributed by atoms with E-state index in [2.05, 4.69) is 32.4 Å². The van der Waals surface area contributed by atoms with E-state index in [0.717, 1.165) is 30.7 Å². The second-order valence-corrected chi connectivity index (χ2v) is 14.4. The van der Waals surface area contributed by atoms with Crippen molar-refractivity contribution < 1.29 is 28.6 Å². The molecule has 1 saturated heterocycles. The number of carbonyl (C=O) groups is 3. The third-order valence-corrected chi connectivity index (χ3v) is 9.91. The number of nitrogens with zero attached hydrogens (tertiary/aromatic N) is 6. The summed E-state index contributed by atoms with van der Waals surface area (Å²) in [6.07, 6.45) is 5.78. The van der Waals surface area contributed by atoms with Crippen LogP contribution in [0.25, 0.3) is 28.2 Å². The lowest BCUT2D eigenvalue weighted by Gasteiger charge is -2.33. The number of likely N-dealkylation sites (N-methyl/N-ethyl adjacent to an activating group) is 1. The first-order valence-electron chi connectivity index (χ1n) is 19.3. The highest BCUT2D eigenvalue weighted by molar-refractivity contribution is 6.33. The number of amides is 3. The fourth-order valence-electron chi connectivity index (χ4n) is 6.27. The molecule has 0 spiro atoms. The largest absolute Gasteiger partial charge is 0.379 e. The molecule has 4 aromatic rings. The van der Waals surface area contributed by atoms with Gasteiger partial charge in [-0.15, -0.1) is 0 Å². The molecule has 1 aliphatic heterocycles. The fraction of sp³-hybridized carbons (Fsp3) is 0.500. The van der Waals surface area contributed by atoms with Crippen molar-refractivity contribution in [3.8, 4) is 17.1 Å². The molecule has 5 rings (SSSR count). The van der Waals surface area contributed by atoms with E-state index in [9.17, 15) is 14.4 Å². The lowest BCUT2D eigenvalue weighted by molar-refractivity contribution is -0.136. The number of imidazole rings is 1. The van der Waals surface area contributed by atoms with Crippen LogP contribution in [0.4, 0.5) is 5.82 Å². The minimum absolute atomic E-state index is 0.0121. The summed E-state index contributed by atoms with van der Waals surface area (Å²) in [6.45, 7) is 7.11. The van der Waals surface area contributed by atoms with E-state index in [0.29, 0.717) is 105 Å². The average molecular weight is 812 g/mol. The number of hydrogen-bond donors (Lipinski definition) is 2. The Kier molecular flexibility index (Phi) is 17.1. The van der Waals surface area contributed by atoms with Crippen LogP contribution in [0.5, 0.6) is 0 Å². The number of unbranched alkanes of at least 4 members (excludes halogenated alkanes) is 1. The molecule has 16 heteroatoms. The van der Waals surface area contributed by atoms with E-state index in [4.69, 9.17) is 42.4 Å². The highest BCUT2D eigenvalue weighted by atomic mass is 35.5. The quantitative estimate of drug-likeness (QED) is 0.0978. The van der Waals surface area contributed by atoms with Crippen molar-refractivity contribution in [1.82, 2.24) is 35.1 Å². The molecule has 3 amide bonds. The molecule has 0 aliphatic carbocycles. The Morgan fingerprint density at radius 2 is 1.54 bits per heavy atom. The summed E-state index contributed by atoms with van der Waals surface area (Å²) in [5.41, 5.74) is 2.87. The van der Waals surface area contributed by atoms with Gasteiger partial charge in [0, 0.05) is 75.1 Å². The second kappa shape index (κ2) is 22.4. The standard InChI is InChI=1S/C40H52Cl2N8O6/c1-3-4-21-54-23-25-56-26-24-55-22-7-18-43-35(52)27-48(2)36(53)15-14-34(51)46-30-16-19-49(20-17-30)39-37-40(45-28-44-39)50(31-12-10-29(41)11-13-31)38(47-37)32-8-5-6-9-33(32)42/h5-6,8-13,28,30H,3-4,7,14-27H2,1-2H3,(H,43,52)(H,46,51). The number of halogens is 2. The van der Waals surface area contributed by atoms with E-state index in [1.54, 1.807) is 7.05 Å². The normalized spacial score (nSPS) is 13.2. The Bertz CT molecular complexity index is 1870. The molecule has 14 nitrogen and oxygen atoms in total. The van der Waals surface area contributed by atoms with Gasteiger partial charge in [-0.2, -0.15) is 0 Å². The number of ether oxygens (including phenoxy) is 3. The Labute approximate surface area is 338 Å². The molecule has 1 aliphatic rings. The van der Waals surface area contributed by atoms with Crippen LogP contribution in [-0.2, 0) is 28.6 Å². The van der Waals surface area contributed by atoms with Gasteiger partial charge in [0.2, 0.25) is 17.7 Å². The van der Waals surface area contributed by atoms with Crippen LogP contribution in [0.2, 0.25) is 10.0 Å². The smallest absolute Gasteiger partial charge is 0.239 e. The Balaban J connectivity index is 1.02. The lowest BCUT2D eigenvalue weighted by atomic mass is 10.0. The number of carbonyl (C=O) groups excluding carboxylic acids is 3. The van der Waals surface area contributed by atoms with E-state index in [-0.39, 0.29) is 43.1 Å². The Morgan fingerprint density at radius 3 is 2.23 bits per heavy atom. The zero-order valence-electron chi connectivity index (χ0n) is 32.2. The van der Waals surface area contributed by atoms with Gasteiger partial charge in [0.15, 0.2) is 17.0 Å². The SMILES string of the molecule is CCCCOCCOCCOCCCNC(=O)CN(C)C(=O)CCC(=O)NC1CCN(c2ncnc3c2nc(-c2ccccc2Cl)n3-c2ccc(Cl)cc2)CC1. The van der Waals surface area contributed by atoms with Crippen molar-refractivity contribution in [3.63, 3.8) is 0 Å². The van der Waals surface area contributed by atoms with Crippen molar-refractivity contribution >= 4 is 57.9 Å². The molecular formula is C40H52Cl2N8O6. The third kappa shape index (κ3) is 12.6. The van der Waals surface area contributed by atoms with Crippen LogP contribution in [0.1, 0.15) is 51.9 Å². The first kappa shape index (κ1) is 42.8. The van der Waals surface area contributed by atoms with Crippen LogP contribution < -0.4 is 15.5 Å². The van der Waals surface area contributed by atoms with Gasteiger partial charge in [0.05, 0.1) is 38.0 Å². The lowest BCUT2D eigenvalue weighted by Crippen LogP contribution is -2.45. The maximum atomic E-state index is 12.8. The van der Waals surface area contributed by atoms with E-state index in [1.807, 2.05) is 53.1 Å². The predicted molar refractivity (Wildman–Crippen MR) is 217 cm³/mol. The van der Waals surface area contributed by atoms with Crippen molar-refractivity contribution in [3.05, 3.63) is 64.9 Å². The van der Waals surface area contributed by atoms with Crippen LogP contribution >= 0.6 is 23.2 Å². The number of nitrogens with one attached hydrogen (secondary N) is 2. The first-order valence-corrected chi connectivity index (χ1v) is 20.0. The molecule has 2 N–H and O–H groups in total. The summed E-state index contributed by atoms with van der Waals surface area (Å²) >= 11 is 12.9. The fourth-order valence-corrected chi connectivity index (χ4v) is 6.61. The molecular weight excluding hydrogens is 759 g/mol. The number of anilines is 1. The van der Waals surface area contributed by atoms with Gasteiger partial charge < -0.3 is 34.6 Å². The molecule has 0 saturated carbocycles. The number of benzene rings is 2. The van der Waals surface area contributed by atoms with Crippen molar-refractivity contribution in [2.75, 3.05) is 77.8 Å². The second-order valence-electron chi connectivity index (χ2n) is 13.6. The summed E-state index contributed by atoms with van der Waals surface area (Å²) in [5, 5.41) is 7.07. The Morgan fingerprint density at radius 1 is 0.857 bits per heavy atom. The molecule has 56 heavy (non-hydrogen) atoms. The zero-order valence-corrected chi connectivity index (χ0v) is 33.7. The van der Waals surface area contributed by atoms with Crippen LogP contribution in [0.3, 0.4) is 0 Å². The molecule has 3 heterocycles. The minimum atomic E-state index is -0.272. The molecule has 2 aromatic heterocycles. The van der Waals surface area contributed by atoms with E-state index >= 15 is 0 Å². The highest BCUT2D eigenvalue weighted by Crippen LogP contribution is 2.35. The van der Waals surface area contributed by atoms with Crippen molar-refractivity contribution in [2.45, 2.75) is 57.9 Å². The summed E-state index contributed by atoms with van der Waals surface area (Å²) in [7, 11) is 1.56. The monoisotopic (exact) mass is 810 g/mol. The maximum absolute atomic E-state index is 12.8. The number of hydrogen-bond acceptors (Lipinski definition) is 10. The van der Waals surface area contributed by atoms with E-state index in [1.165, 1.54) is 11.2 Å². The number of rotatable bonds is 22. The predicted octanol–water partition coefficient (Wildman–Crippen LogP) is 5.47. The van der Waals surface area contributed by atoms with Crippen molar-refractivity contribution in [2.24, 2.45) is 0 Å². The van der Waals surface area contributed by atoms with Gasteiger partial charge in [-0.3, -0.25) is 19.0 Å². The number of piperidine rings is 1. The summed E-state index contributed by atoms with van der Waals surface area (Å²) in [4.78, 5) is 55.7. The molecule has 1 fully saturated rings. The molecule has 302 valence electrons. The zero-order chi connectivity index (χ0) is 39.7. The van der Waals surface area contributed by atoms with Crippen LogP contribution in [0.15, 0.2) is 54.9 Å². The van der Waals surface area contributed by atoms with Crippen LogP contribution in [0, 0.1) is 0 Å². The molecule has 0 radical (unpaired) electrons. The van der Waals surface area contributed by atoms with Gasteiger partial charge >= 0.3 is 0 Å². The summed E-state index contributed by atoms with van der Waals surface area (Å²) in [6, 6.07) is 15.0. The molecule has 0 bridgehead atoms. The molecule has 0 atom stereocenters. The van der Waals surface area contributed by atoms with Gasteiger partial charge in [0.25, 0.3) is 0 Å². The molecule has 0 unspecified atom stereocenters. The number of fused-ring (bicyclic) bond motifs is 1. The summed E-state index contributed by atoms with van der Waals surface area (Å²) < 4.78 is 18.4. The van der Waals surface area contributed by atoms with Gasteiger partial charge in [-0.25, -0.2) is 15.0 Å². The van der Waals surface area contributed by atoms with Crippen LogP contribution in [-0.4, -0.2) is 121 Å². The van der Waals surface area contributed by atoms with Gasteiger partial charge in [-0.05, 0) is 62.1 Å². The average Bonchev–Trinajstić information content (AvgIpc) is 3.59. The summed E-state index contributed by atoms with van der Waals surface area (Å²) in [5.74, 6) is 0.603. The topological polar surface area (TPSA) is 153 Å². The van der Waals surface area contributed by atoms with E-state index < -0.39 is 0 Å². The number of aromatic nitrogens is 4. The Hall–Kier alpha value is -4.34.